The Labute approximate surface area is 172 Å². The number of nitrogens with zero attached hydrogens (tertiary/aromatic N) is 4. The van der Waals surface area contributed by atoms with Crippen LogP contribution in [-0.2, 0) is 26.1 Å². The molecule has 6 nitrogen and oxygen atoms in total. The van der Waals surface area contributed by atoms with Gasteiger partial charge in [0.25, 0.3) is 5.91 Å². The van der Waals surface area contributed by atoms with Gasteiger partial charge in [0.1, 0.15) is 18.1 Å². The fraction of sp³-hybridized carbons (Fsp3) is 0.286. The summed E-state index contributed by atoms with van der Waals surface area (Å²) in [5.41, 5.74) is 3.28. The van der Waals surface area contributed by atoms with Crippen molar-refractivity contribution >= 4 is 17.5 Å². The largest absolute Gasteiger partial charge is 0.471 e. The molecule has 0 bridgehead atoms. The van der Waals surface area contributed by atoms with Crippen molar-refractivity contribution in [1.82, 2.24) is 19.7 Å². The lowest BCUT2D eigenvalue weighted by atomic mass is 10.0. The van der Waals surface area contributed by atoms with E-state index in [0.717, 1.165) is 23.5 Å². The molecule has 0 atom stereocenters. The van der Waals surface area contributed by atoms with E-state index in [4.69, 9.17) is 16.3 Å². The van der Waals surface area contributed by atoms with E-state index in [0.29, 0.717) is 31.0 Å². The predicted molar refractivity (Wildman–Crippen MR) is 106 cm³/mol. The Kier molecular flexibility index (Phi) is 5.49. The van der Waals surface area contributed by atoms with E-state index >= 15 is 0 Å². The minimum Gasteiger partial charge on any atom is -0.471 e. The number of aromatic nitrogens is 3. The van der Waals surface area contributed by atoms with Crippen LogP contribution in [0.15, 0.2) is 42.6 Å². The molecule has 1 amide bonds. The SMILES string of the molecule is CCn1nc(COc2ccccn2)c2c1CCN(C(=O)c1ccc(F)c(Cl)c1)C2. The van der Waals surface area contributed by atoms with Crippen LogP contribution in [0.4, 0.5) is 4.39 Å². The minimum absolute atomic E-state index is 0.0585. The van der Waals surface area contributed by atoms with Crippen LogP contribution in [0.1, 0.15) is 34.2 Å². The Morgan fingerprint density at radius 2 is 2.17 bits per heavy atom. The molecule has 2 aromatic heterocycles. The number of carbonyl (C=O) groups excluding carboxylic acids is 1. The molecule has 1 aromatic carbocycles. The van der Waals surface area contributed by atoms with E-state index in [2.05, 4.69) is 10.1 Å². The van der Waals surface area contributed by atoms with E-state index in [9.17, 15) is 9.18 Å². The van der Waals surface area contributed by atoms with Crippen LogP contribution < -0.4 is 4.74 Å². The first-order valence-corrected chi connectivity index (χ1v) is 9.80. The highest BCUT2D eigenvalue weighted by molar-refractivity contribution is 6.31. The van der Waals surface area contributed by atoms with Crippen LogP contribution in [0.5, 0.6) is 5.88 Å². The van der Waals surface area contributed by atoms with Gasteiger partial charge in [-0.3, -0.25) is 9.48 Å². The standard InChI is InChI=1S/C21H20ClFN4O2/c1-2-27-19-8-10-26(21(28)14-6-7-17(23)16(22)11-14)12-15(19)18(25-27)13-29-20-5-3-4-9-24-20/h3-7,9,11H,2,8,10,12-13H2,1H3. The summed E-state index contributed by atoms with van der Waals surface area (Å²) in [5.74, 6) is -0.197. The number of carbonyl (C=O) groups is 1. The van der Waals surface area contributed by atoms with Gasteiger partial charge in [0.2, 0.25) is 5.88 Å². The topological polar surface area (TPSA) is 60.2 Å². The zero-order valence-corrected chi connectivity index (χ0v) is 16.7. The molecule has 3 aromatic rings. The Bertz CT molecular complexity index is 1040. The van der Waals surface area contributed by atoms with Gasteiger partial charge in [-0.05, 0) is 31.2 Å². The van der Waals surface area contributed by atoms with Crippen molar-refractivity contribution in [3.05, 3.63) is 75.9 Å². The van der Waals surface area contributed by atoms with Crippen molar-refractivity contribution in [2.75, 3.05) is 6.54 Å². The lowest BCUT2D eigenvalue weighted by molar-refractivity contribution is 0.0732. The summed E-state index contributed by atoms with van der Waals surface area (Å²) in [5, 5.41) is 4.61. The van der Waals surface area contributed by atoms with Crippen LogP contribution >= 0.6 is 11.6 Å². The number of pyridine rings is 1. The van der Waals surface area contributed by atoms with Crippen LogP contribution in [0.25, 0.3) is 0 Å². The normalized spacial score (nSPS) is 13.3. The van der Waals surface area contributed by atoms with Crippen molar-refractivity contribution in [3.8, 4) is 5.88 Å². The number of amides is 1. The van der Waals surface area contributed by atoms with Crippen LogP contribution in [-0.4, -0.2) is 32.1 Å². The summed E-state index contributed by atoms with van der Waals surface area (Å²) in [7, 11) is 0. The average Bonchev–Trinajstić information content (AvgIpc) is 3.11. The fourth-order valence-electron chi connectivity index (χ4n) is 3.50. The van der Waals surface area contributed by atoms with E-state index < -0.39 is 5.82 Å². The van der Waals surface area contributed by atoms with Gasteiger partial charge in [0, 0.05) is 55.1 Å². The molecule has 8 heteroatoms. The maximum absolute atomic E-state index is 13.4. The van der Waals surface area contributed by atoms with Crippen LogP contribution in [0.3, 0.4) is 0 Å². The zero-order valence-electron chi connectivity index (χ0n) is 15.9. The molecule has 3 heterocycles. The first-order chi connectivity index (χ1) is 14.1. The summed E-state index contributed by atoms with van der Waals surface area (Å²) in [4.78, 5) is 18.8. The third kappa shape index (κ3) is 3.96. The zero-order chi connectivity index (χ0) is 20.4. The Hall–Kier alpha value is -2.93. The molecule has 0 unspecified atom stereocenters. The van der Waals surface area contributed by atoms with Crippen LogP contribution in [0.2, 0.25) is 5.02 Å². The second-order valence-corrected chi connectivity index (χ2v) is 7.16. The van der Waals surface area contributed by atoms with Gasteiger partial charge < -0.3 is 9.64 Å². The molecular weight excluding hydrogens is 395 g/mol. The molecule has 0 N–H and O–H groups in total. The second kappa shape index (κ2) is 8.21. The second-order valence-electron chi connectivity index (χ2n) is 6.75. The summed E-state index contributed by atoms with van der Waals surface area (Å²) in [6.07, 6.45) is 2.37. The van der Waals surface area contributed by atoms with Crippen molar-refractivity contribution in [2.45, 2.75) is 33.0 Å². The van der Waals surface area contributed by atoms with Gasteiger partial charge in [-0.15, -0.1) is 0 Å². The Morgan fingerprint density at radius 3 is 2.90 bits per heavy atom. The van der Waals surface area contributed by atoms with Crippen molar-refractivity contribution in [3.63, 3.8) is 0 Å². The van der Waals surface area contributed by atoms with E-state index in [1.165, 1.54) is 18.2 Å². The summed E-state index contributed by atoms with van der Waals surface area (Å²) >= 11 is 5.84. The summed E-state index contributed by atoms with van der Waals surface area (Å²) in [6.45, 7) is 4.04. The summed E-state index contributed by atoms with van der Waals surface area (Å²) in [6, 6.07) is 9.51. The quantitative estimate of drug-likeness (QED) is 0.636. The number of rotatable bonds is 5. The number of halogens is 2. The van der Waals surface area contributed by atoms with E-state index in [1.807, 2.05) is 23.7 Å². The molecule has 4 rings (SSSR count). The molecular formula is C21H20ClFN4O2. The average molecular weight is 415 g/mol. The van der Waals surface area contributed by atoms with Gasteiger partial charge in [0.05, 0.1) is 5.02 Å². The predicted octanol–water partition coefficient (Wildman–Crippen LogP) is 3.87. The number of ether oxygens (including phenoxy) is 1. The highest BCUT2D eigenvalue weighted by Gasteiger charge is 2.28. The fourth-order valence-corrected chi connectivity index (χ4v) is 3.68. The Morgan fingerprint density at radius 1 is 1.31 bits per heavy atom. The third-order valence-corrected chi connectivity index (χ3v) is 5.25. The van der Waals surface area contributed by atoms with Gasteiger partial charge in [-0.2, -0.15) is 5.10 Å². The lowest BCUT2D eigenvalue weighted by Gasteiger charge is -2.28. The molecule has 0 fully saturated rings. The van der Waals surface area contributed by atoms with E-state index in [-0.39, 0.29) is 17.5 Å². The number of fused-ring (bicyclic) bond motifs is 1. The molecule has 0 spiro atoms. The molecule has 1 aliphatic heterocycles. The number of hydrogen-bond donors (Lipinski definition) is 0. The number of hydrogen-bond acceptors (Lipinski definition) is 4. The first kappa shape index (κ1) is 19.4. The van der Waals surface area contributed by atoms with Gasteiger partial charge in [-0.1, -0.05) is 17.7 Å². The minimum atomic E-state index is -0.540. The number of benzene rings is 1. The monoisotopic (exact) mass is 414 g/mol. The molecule has 150 valence electrons. The smallest absolute Gasteiger partial charge is 0.254 e. The molecule has 0 saturated heterocycles. The maximum atomic E-state index is 13.4. The van der Waals surface area contributed by atoms with Crippen molar-refractivity contribution < 1.29 is 13.9 Å². The highest BCUT2D eigenvalue weighted by Crippen LogP contribution is 2.26. The third-order valence-electron chi connectivity index (χ3n) is 4.97. The highest BCUT2D eigenvalue weighted by atomic mass is 35.5. The van der Waals surface area contributed by atoms with Crippen molar-refractivity contribution in [2.24, 2.45) is 0 Å². The maximum Gasteiger partial charge on any atom is 0.254 e. The van der Waals surface area contributed by atoms with Gasteiger partial charge in [-0.25, -0.2) is 9.37 Å². The summed E-state index contributed by atoms with van der Waals surface area (Å²) < 4.78 is 21.2. The lowest BCUT2D eigenvalue weighted by Crippen LogP contribution is -2.36. The molecule has 29 heavy (non-hydrogen) atoms. The Balaban J connectivity index is 1.56. The van der Waals surface area contributed by atoms with Crippen molar-refractivity contribution in [1.29, 1.82) is 0 Å². The molecule has 0 saturated carbocycles. The molecule has 0 aliphatic carbocycles. The molecule has 1 aliphatic rings. The van der Waals surface area contributed by atoms with Gasteiger partial charge in [0.15, 0.2) is 0 Å². The first-order valence-electron chi connectivity index (χ1n) is 9.42. The molecule has 0 radical (unpaired) electrons. The number of aryl methyl sites for hydroxylation is 1. The van der Waals surface area contributed by atoms with Gasteiger partial charge >= 0.3 is 0 Å². The van der Waals surface area contributed by atoms with Crippen LogP contribution in [0, 0.1) is 5.82 Å². The van der Waals surface area contributed by atoms with E-state index in [1.54, 1.807) is 17.2 Å².